The Morgan fingerprint density at radius 3 is 1.38 bits per heavy atom. The molecule has 0 saturated heterocycles. The average Bonchev–Trinajstić information content (AvgIpc) is 3.77. The van der Waals surface area contributed by atoms with Gasteiger partial charge in [-0.2, -0.15) is 0 Å². The zero-order valence-electron chi connectivity index (χ0n) is 26.7. The van der Waals surface area contributed by atoms with E-state index in [2.05, 4.69) is 72.8 Å². The molecular weight excluding hydrogens is 615 g/mol. The van der Waals surface area contributed by atoms with Gasteiger partial charge < -0.3 is 8.83 Å². The summed E-state index contributed by atoms with van der Waals surface area (Å²) in [5.74, 6) is 1.88. The van der Waals surface area contributed by atoms with Crippen LogP contribution >= 0.6 is 0 Å². The highest BCUT2D eigenvalue weighted by atomic mass is 16.3. The maximum Gasteiger partial charge on any atom is 0.164 e. The molecule has 0 bridgehead atoms. The molecule has 0 fully saturated rings. The Hall–Kier alpha value is -6.85. The summed E-state index contributed by atoms with van der Waals surface area (Å²) in [5, 5.41) is 4.32. The fraction of sp³-hybridized carbons (Fsp3) is 0. The molecule has 0 amide bonds. The number of furan rings is 2. The SMILES string of the molecule is c1ccc(-c2nc(-c3ccccc3)nc(-c3cccc(-c4cccc5oc6cccc(-c7cccc8oc9ccccc9c78)c6c45)c3)n2)cc1. The molecule has 7 aromatic carbocycles. The topological polar surface area (TPSA) is 65.0 Å². The van der Waals surface area contributed by atoms with Crippen molar-refractivity contribution in [2.75, 3.05) is 0 Å². The predicted molar refractivity (Wildman–Crippen MR) is 202 cm³/mol. The van der Waals surface area contributed by atoms with Gasteiger partial charge in [0.2, 0.25) is 0 Å². The first kappa shape index (κ1) is 28.2. The molecule has 5 heteroatoms. The van der Waals surface area contributed by atoms with Crippen molar-refractivity contribution in [1.29, 1.82) is 0 Å². The molecule has 0 N–H and O–H groups in total. The molecule has 0 spiro atoms. The van der Waals surface area contributed by atoms with Gasteiger partial charge in [-0.15, -0.1) is 0 Å². The van der Waals surface area contributed by atoms with Crippen LogP contribution in [0, 0.1) is 0 Å². The quantitative estimate of drug-likeness (QED) is 0.187. The second kappa shape index (κ2) is 11.4. The number of rotatable bonds is 5. The van der Waals surface area contributed by atoms with Crippen molar-refractivity contribution in [3.8, 4) is 56.4 Å². The van der Waals surface area contributed by atoms with Crippen LogP contribution in [0.15, 0.2) is 173 Å². The van der Waals surface area contributed by atoms with Gasteiger partial charge in [0.1, 0.15) is 22.3 Å². The van der Waals surface area contributed by atoms with Crippen molar-refractivity contribution in [1.82, 2.24) is 15.0 Å². The van der Waals surface area contributed by atoms with E-state index in [0.717, 1.165) is 82.8 Å². The van der Waals surface area contributed by atoms with E-state index in [-0.39, 0.29) is 0 Å². The van der Waals surface area contributed by atoms with Gasteiger partial charge in [-0.05, 0) is 52.6 Å². The van der Waals surface area contributed by atoms with Crippen molar-refractivity contribution < 1.29 is 8.83 Å². The van der Waals surface area contributed by atoms with Crippen LogP contribution in [0.25, 0.3) is 100 Å². The van der Waals surface area contributed by atoms with E-state index in [9.17, 15) is 0 Å². The maximum atomic E-state index is 6.55. The Morgan fingerprint density at radius 2 is 0.720 bits per heavy atom. The third kappa shape index (κ3) is 4.60. The third-order valence-electron chi connectivity index (χ3n) is 9.35. The Labute approximate surface area is 287 Å². The van der Waals surface area contributed by atoms with E-state index in [1.165, 1.54) is 0 Å². The van der Waals surface area contributed by atoms with Gasteiger partial charge >= 0.3 is 0 Å². The molecule has 5 nitrogen and oxygen atoms in total. The van der Waals surface area contributed by atoms with Crippen molar-refractivity contribution in [2.45, 2.75) is 0 Å². The van der Waals surface area contributed by atoms with Crippen LogP contribution in [-0.2, 0) is 0 Å². The van der Waals surface area contributed by atoms with Crippen molar-refractivity contribution in [3.05, 3.63) is 164 Å². The molecule has 0 aliphatic heterocycles. The average molecular weight is 642 g/mol. The number of fused-ring (bicyclic) bond motifs is 6. The van der Waals surface area contributed by atoms with Gasteiger partial charge in [0.15, 0.2) is 17.5 Å². The zero-order valence-corrected chi connectivity index (χ0v) is 26.7. The second-order valence-electron chi connectivity index (χ2n) is 12.4. The Morgan fingerprint density at radius 1 is 0.300 bits per heavy atom. The number of hydrogen-bond acceptors (Lipinski definition) is 5. The van der Waals surface area contributed by atoms with Crippen molar-refractivity contribution in [2.24, 2.45) is 0 Å². The first-order valence-corrected chi connectivity index (χ1v) is 16.6. The molecular formula is C45H27N3O2. The minimum Gasteiger partial charge on any atom is -0.456 e. The summed E-state index contributed by atoms with van der Waals surface area (Å²) >= 11 is 0. The highest BCUT2D eigenvalue weighted by Gasteiger charge is 2.20. The molecule has 3 heterocycles. The van der Waals surface area contributed by atoms with Gasteiger partial charge in [-0.25, -0.2) is 15.0 Å². The van der Waals surface area contributed by atoms with Gasteiger partial charge in [0.05, 0.1) is 0 Å². The summed E-state index contributed by atoms with van der Waals surface area (Å²) in [5.41, 5.74) is 10.5. The smallest absolute Gasteiger partial charge is 0.164 e. The molecule has 10 aromatic rings. The normalized spacial score (nSPS) is 11.6. The van der Waals surface area contributed by atoms with Crippen LogP contribution in [0.5, 0.6) is 0 Å². The molecule has 0 radical (unpaired) electrons. The van der Waals surface area contributed by atoms with Crippen LogP contribution in [0.4, 0.5) is 0 Å². The van der Waals surface area contributed by atoms with Gasteiger partial charge in [0.25, 0.3) is 0 Å². The Balaban J connectivity index is 1.18. The van der Waals surface area contributed by atoms with Crippen LogP contribution in [0.3, 0.4) is 0 Å². The molecule has 0 saturated carbocycles. The number of hydrogen-bond donors (Lipinski definition) is 0. The fourth-order valence-corrected chi connectivity index (χ4v) is 7.09. The minimum absolute atomic E-state index is 0.614. The van der Waals surface area contributed by atoms with E-state index >= 15 is 0 Å². The van der Waals surface area contributed by atoms with Crippen LogP contribution in [0.1, 0.15) is 0 Å². The summed E-state index contributed by atoms with van der Waals surface area (Å²) in [7, 11) is 0. The van der Waals surface area contributed by atoms with Crippen molar-refractivity contribution >= 4 is 43.9 Å². The monoisotopic (exact) mass is 641 g/mol. The predicted octanol–water partition coefficient (Wildman–Crippen LogP) is 12.0. The molecule has 10 rings (SSSR count). The highest BCUT2D eigenvalue weighted by molar-refractivity contribution is 6.22. The lowest BCUT2D eigenvalue weighted by molar-refractivity contribution is 0.668. The minimum atomic E-state index is 0.614. The Kier molecular flexibility index (Phi) is 6.42. The zero-order chi connectivity index (χ0) is 33.0. The molecule has 3 aromatic heterocycles. The maximum absolute atomic E-state index is 6.55. The van der Waals surface area contributed by atoms with Crippen LogP contribution in [0.2, 0.25) is 0 Å². The van der Waals surface area contributed by atoms with Crippen LogP contribution in [-0.4, -0.2) is 15.0 Å². The standard InChI is InChI=1S/C45H27N3O2/c1-3-13-28(14-4-1)43-46-44(29-15-5-2-6-16-29)48-45(47-43)31-18-9-17-30(27-31)32-20-10-25-38-41(32)42-34(22-12-26-39(42)50-38)33-21-11-24-37-40(33)35-19-7-8-23-36(35)49-37/h1-27H. The highest BCUT2D eigenvalue weighted by Crippen LogP contribution is 2.45. The summed E-state index contributed by atoms with van der Waals surface area (Å²) in [4.78, 5) is 14.9. The largest absolute Gasteiger partial charge is 0.456 e. The first-order valence-electron chi connectivity index (χ1n) is 16.6. The molecule has 0 aliphatic rings. The van der Waals surface area contributed by atoms with Crippen LogP contribution < -0.4 is 0 Å². The van der Waals surface area contributed by atoms with Crippen molar-refractivity contribution in [3.63, 3.8) is 0 Å². The first-order chi connectivity index (χ1) is 24.8. The molecule has 0 atom stereocenters. The lowest BCUT2D eigenvalue weighted by Crippen LogP contribution is -2.00. The van der Waals surface area contributed by atoms with Gasteiger partial charge in [-0.3, -0.25) is 0 Å². The number of aromatic nitrogens is 3. The number of nitrogens with zero attached hydrogens (tertiary/aromatic N) is 3. The van der Waals surface area contributed by atoms with E-state index in [4.69, 9.17) is 23.8 Å². The van der Waals surface area contributed by atoms with Gasteiger partial charge in [-0.1, -0.05) is 133 Å². The molecule has 234 valence electrons. The second-order valence-corrected chi connectivity index (χ2v) is 12.4. The van der Waals surface area contributed by atoms with E-state index in [1.807, 2.05) is 91.0 Å². The number of benzene rings is 7. The van der Waals surface area contributed by atoms with E-state index in [1.54, 1.807) is 0 Å². The van der Waals surface area contributed by atoms with Gasteiger partial charge in [0, 0.05) is 38.2 Å². The molecule has 50 heavy (non-hydrogen) atoms. The van der Waals surface area contributed by atoms with E-state index < -0.39 is 0 Å². The summed E-state index contributed by atoms with van der Waals surface area (Å²) < 4.78 is 12.8. The Bertz CT molecular complexity index is 2810. The number of para-hydroxylation sites is 1. The molecule has 0 unspecified atom stereocenters. The van der Waals surface area contributed by atoms with E-state index in [0.29, 0.717) is 17.5 Å². The lowest BCUT2D eigenvalue weighted by Gasteiger charge is -2.11. The fourth-order valence-electron chi connectivity index (χ4n) is 7.09. The summed E-state index contributed by atoms with van der Waals surface area (Å²) in [6, 6.07) is 55.6. The summed E-state index contributed by atoms with van der Waals surface area (Å²) in [6.45, 7) is 0. The third-order valence-corrected chi connectivity index (χ3v) is 9.35. The molecule has 0 aliphatic carbocycles. The summed E-state index contributed by atoms with van der Waals surface area (Å²) in [6.07, 6.45) is 0. The lowest BCUT2D eigenvalue weighted by atomic mass is 9.92.